The molecule has 4 aromatic rings. The van der Waals surface area contributed by atoms with Gasteiger partial charge in [-0.25, -0.2) is 4.79 Å². The van der Waals surface area contributed by atoms with Crippen LogP contribution in [0.25, 0.3) is 11.1 Å². The molecule has 0 saturated heterocycles. The van der Waals surface area contributed by atoms with Crippen molar-refractivity contribution < 1.29 is 14.7 Å². The third kappa shape index (κ3) is 5.13. The zero-order chi connectivity index (χ0) is 26.6. The summed E-state index contributed by atoms with van der Waals surface area (Å²) in [5.41, 5.74) is 12.3. The molecular weight excluding hydrogens is 476 g/mol. The molecule has 5 rings (SSSR count). The van der Waals surface area contributed by atoms with Crippen LogP contribution in [-0.2, 0) is 13.0 Å². The smallest absolute Gasteiger partial charge is 0.336 e. The normalized spacial score (nSPS) is 13.8. The number of carboxylic acids is 1. The maximum Gasteiger partial charge on any atom is 0.336 e. The summed E-state index contributed by atoms with van der Waals surface area (Å²) in [6, 6.07) is 27.7. The number of amidine groups is 1. The van der Waals surface area contributed by atoms with E-state index in [1.54, 1.807) is 36.4 Å². The van der Waals surface area contributed by atoms with E-state index in [-0.39, 0.29) is 23.2 Å². The predicted molar refractivity (Wildman–Crippen MR) is 149 cm³/mol. The standard InChI is InChI=1S/C31H28N4O3/c32-29(33)21-12-13-28-27(15-21)23(18-34-28)14-20-10-11-22(30(36)35-17-19-6-2-1-3-7-19)16-26(20)24-8-4-5-9-25(24)31(37)38/h1-13,15-16,23,34H,14,17-18H2,(H3,32,33)(H,35,36)(H,37,38). The number of carboxylic acid groups (broad SMARTS) is 1. The van der Waals surface area contributed by atoms with Crippen molar-refractivity contribution in [2.24, 2.45) is 5.73 Å². The molecule has 1 amide bonds. The van der Waals surface area contributed by atoms with Crippen LogP contribution in [0.5, 0.6) is 0 Å². The molecule has 1 aliphatic rings. The molecule has 1 heterocycles. The fourth-order valence-electron chi connectivity index (χ4n) is 4.95. The van der Waals surface area contributed by atoms with Crippen LogP contribution in [0, 0.1) is 5.41 Å². The lowest BCUT2D eigenvalue weighted by Gasteiger charge is -2.18. The fraction of sp³-hybridized carbons (Fsp3) is 0.129. The lowest BCUT2D eigenvalue weighted by molar-refractivity contribution is 0.0697. The van der Waals surface area contributed by atoms with Gasteiger partial charge >= 0.3 is 5.97 Å². The maximum atomic E-state index is 13.1. The summed E-state index contributed by atoms with van der Waals surface area (Å²) < 4.78 is 0. The van der Waals surface area contributed by atoms with Gasteiger partial charge in [-0.3, -0.25) is 10.2 Å². The van der Waals surface area contributed by atoms with Gasteiger partial charge in [0.2, 0.25) is 0 Å². The molecule has 4 aromatic carbocycles. The summed E-state index contributed by atoms with van der Waals surface area (Å²) in [4.78, 5) is 25.1. The molecule has 0 spiro atoms. The van der Waals surface area contributed by atoms with Crippen molar-refractivity contribution in [3.63, 3.8) is 0 Å². The first-order valence-corrected chi connectivity index (χ1v) is 12.4. The molecule has 0 fully saturated rings. The quantitative estimate of drug-likeness (QED) is 0.170. The van der Waals surface area contributed by atoms with E-state index in [0.29, 0.717) is 41.8 Å². The Bertz CT molecular complexity index is 1530. The zero-order valence-corrected chi connectivity index (χ0v) is 20.7. The van der Waals surface area contributed by atoms with Crippen molar-refractivity contribution in [3.05, 3.63) is 124 Å². The van der Waals surface area contributed by atoms with E-state index in [0.717, 1.165) is 22.4 Å². The molecule has 0 aliphatic carbocycles. The Morgan fingerprint density at radius 3 is 2.42 bits per heavy atom. The van der Waals surface area contributed by atoms with Gasteiger partial charge in [-0.05, 0) is 70.6 Å². The number of amides is 1. The number of rotatable bonds is 8. The lowest BCUT2D eigenvalue weighted by Crippen LogP contribution is -2.23. The van der Waals surface area contributed by atoms with Gasteiger partial charge in [0.1, 0.15) is 5.84 Å². The van der Waals surface area contributed by atoms with Crippen LogP contribution < -0.4 is 16.4 Å². The van der Waals surface area contributed by atoms with Crippen molar-refractivity contribution >= 4 is 23.4 Å². The van der Waals surface area contributed by atoms with Gasteiger partial charge in [0, 0.05) is 35.8 Å². The van der Waals surface area contributed by atoms with Crippen molar-refractivity contribution in [2.45, 2.75) is 18.9 Å². The van der Waals surface area contributed by atoms with Gasteiger partial charge in [0.15, 0.2) is 0 Å². The van der Waals surface area contributed by atoms with E-state index in [2.05, 4.69) is 10.6 Å². The molecule has 1 unspecified atom stereocenters. The van der Waals surface area contributed by atoms with Crippen LogP contribution in [0.4, 0.5) is 5.69 Å². The van der Waals surface area contributed by atoms with Crippen LogP contribution in [0.2, 0.25) is 0 Å². The lowest BCUT2D eigenvalue weighted by atomic mass is 9.86. The first-order chi connectivity index (χ1) is 18.4. The van der Waals surface area contributed by atoms with Crippen LogP contribution in [-0.4, -0.2) is 29.4 Å². The summed E-state index contributed by atoms with van der Waals surface area (Å²) in [6.07, 6.45) is 0.622. The van der Waals surface area contributed by atoms with E-state index in [1.165, 1.54) is 0 Å². The van der Waals surface area contributed by atoms with Gasteiger partial charge in [0.25, 0.3) is 5.91 Å². The Morgan fingerprint density at radius 1 is 0.921 bits per heavy atom. The Kier molecular flexibility index (Phi) is 6.91. The fourth-order valence-corrected chi connectivity index (χ4v) is 4.95. The zero-order valence-electron chi connectivity index (χ0n) is 20.7. The molecule has 6 N–H and O–H groups in total. The molecule has 0 radical (unpaired) electrons. The number of fused-ring (bicyclic) bond motifs is 1. The summed E-state index contributed by atoms with van der Waals surface area (Å²) in [5.74, 6) is -1.14. The van der Waals surface area contributed by atoms with Crippen LogP contribution in [0.15, 0.2) is 91.0 Å². The van der Waals surface area contributed by atoms with Gasteiger partial charge in [-0.15, -0.1) is 0 Å². The van der Waals surface area contributed by atoms with Gasteiger partial charge in [0.05, 0.1) is 5.56 Å². The molecule has 0 aromatic heterocycles. The number of nitrogens with one attached hydrogen (secondary N) is 3. The topological polar surface area (TPSA) is 128 Å². The highest BCUT2D eigenvalue weighted by molar-refractivity contribution is 5.99. The molecule has 0 saturated carbocycles. The van der Waals surface area contributed by atoms with Crippen molar-refractivity contribution in [1.82, 2.24) is 5.32 Å². The van der Waals surface area contributed by atoms with E-state index in [4.69, 9.17) is 11.1 Å². The number of hydrogen-bond acceptors (Lipinski definition) is 4. The number of carbonyl (C=O) groups is 2. The monoisotopic (exact) mass is 504 g/mol. The van der Waals surface area contributed by atoms with E-state index < -0.39 is 5.97 Å². The third-order valence-corrected chi connectivity index (χ3v) is 6.92. The average Bonchev–Trinajstić information content (AvgIpc) is 3.34. The second-order valence-corrected chi connectivity index (χ2v) is 9.39. The van der Waals surface area contributed by atoms with Crippen molar-refractivity contribution in [2.75, 3.05) is 11.9 Å². The summed E-state index contributed by atoms with van der Waals surface area (Å²) in [5, 5.41) is 24.1. The Hall–Kier alpha value is -4.91. The maximum absolute atomic E-state index is 13.1. The minimum absolute atomic E-state index is 0.0143. The van der Waals surface area contributed by atoms with Gasteiger partial charge in [-0.2, -0.15) is 0 Å². The highest BCUT2D eigenvalue weighted by atomic mass is 16.4. The van der Waals surface area contributed by atoms with Gasteiger partial charge in [-0.1, -0.05) is 54.6 Å². The Balaban J connectivity index is 1.51. The van der Waals surface area contributed by atoms with E-state index >= 15 is 0 Å². The molecular formula is C31H28N4O3. The van der Waals surface area contributed by atoms with Crippen LogP contribution in [0.1, 0.15) is 48.9 Å². The average molecular weight is 505 g/mol. The molecule has 7 heteroatoms. The molecule has 0 bridgehead atoms. The SMILES string of the molecule is N=C(N)c1ccc2c(c1)C(Cc1ccc(C(=O)NCc3ccccc3)cc1-c1ccccc1C(=O)O)CN2. The number of carbonyl (C=O) groups excluding carboxylic acids is 1. The van der Waals surface area contributed by atoms with Crippen molar-refractivity contribution in [3.8, 4) is 11.1 Å². The highest BCUT2D eigenvalue weighted by Crippen LogP contribution is 2.37. The Morgan fingerprint density at radius 2 is 1.66 bits per heavy atom. The summed E-state index contributed by atoms with van der Waals surface area (Å²) >= 11 is 0. The predicted octanol–water partition coefficient (Wildman–Crippen LogP) is 5.02. The molecule has 1 aliphatic heterocycles. The number of anilines is 1. The molecule has 7 nitrogen and oxygen atoms in total. The van der Waals surface area contributed by atoms with E-state index in [9.17, 15) is 14.7 Å². The molecule has 1 atom stereocenters. The summed E-state index contributed by atoms with van der Waals surface area (Å²) in [6.45, 7) is 1.10. The van der Waals surface area contributed by atoms with Crippen LogP contribution in [0.3, 0.4) is 0 Å². The van der Waals surface area contributed by atoms with Crippen molar-refractivity contribution in [1.29, 1.82) is 5.41 Å². The van der Waals surface area contributed by atoms with E-state index in [1.807, 2.05) is 54.6 Å². The highest BCUT2D eigenvalue weighted by Gasteiger charge is 2.25. The number of hydrogen-bond donors (Lipinski definition) is 5. The Labute approximate surface area is 220 Å². The second kappa shape index (κ2) is 10.6. The first-order valence-electron chi connectivity index (χ1n) is 12.4. The van der Waals surface area contributed by atoms with Gasteiger partial charge < -0.3 is 21.5 Å². The first kappa shape index (κ1) is 24.8. The number of nitrogens with two attached hydrogens (primary N) is 1. The number of benzene rings is 4. The minimum atomic E-state index is -1.02. The minimum Gasteiger partial charge on any atom is -0.478 e. The number of nitrogen functional groups attached to an aromatic ring is 1. The molecule has 190 valence electrons. The second-order valence-electron chi connectivity index (χ2n) is 9.39. The third-order valence-electron chi connectivity index (χ3n) is 6.92. The molecule has 38 heavy (non-hydrogen) atoms. The largest absolute Gasteiger partial charge is 0.478 e. The summed E-state index contributed by atoms with van der Waals surface area (Å²) in [7, 11) is 0. The number of aromatic carboxylic acids is 1. The van der Waals surface area contributed by atoms with Crippen LogP contribution >= 0.6 is 0 Å².